The van der Waals surface area contributed by atoms with E-state index < -0.39 is 11.3 Å². The highest BCUT2D eigenvalue weighted by molar-refractivity contribution is 5.99. The van der Waals surface area contributed by atoms with Crippen LogP contribution in [0.4, 0.5) is 0 Å². The van der Waals surface area contributed by atoms with Gasteiger partial charge in [0.05, 0.1) is 12.9 Å². The van der Waals surface area contributed by atoms with Gasteiger partial charge >= 0.3 is 5.63 Å². The molecule has 30 heavy (non-hydrogen) atoms. The van der Waals surface area contributed by atoms with Crippen LogP contribution in [0.15, 0.2) is 54.4 Å². The third-order valence-corrected chi connectivity index (χ3v) is 4.98. The third kappa shape index (κ3) is 4.35. The Kier molecular flexibility index (Phi) is 5.53. The van der Waals surface area contributed by atoms with Gasteiger partial charge in [-0.3, -0.25) is 4.79 Å². The molecule has 0 saturated heterocycles. The number of hydrogen-bond acceptors (Lipinski definition) is 7. The van der Waals surface area contributed by atoms with E-state index in [1.807, 2.05) is 12.1 Å². The molecule has 0 fully saturated rings. The van der Waals surface area contributed by atoms with E-state index in [1.165, 1.54) is 6.07 Å². The minimum atomic E-state index is -0.466. The number of nitrogens with one attached hydrogen (secondary N) is 1. The van der Waals surface area contributed by atoms with E-state index >= 15 is 0 Å². The van der Waals surface area contributed by atoms with Gasteiger partial charge in [0.1, 0.15) is 0 Å². The van der Waals surface area contributed by atoms with E-state index in [-0.39, 0.29) is 12.5 Å². The molecule has 1 aliphatic rings. The molecule has 0 bridgehead atoms. The van der Waals surface area contributed by atoms with Gasteiger partial charge in [0.15, 0.2) is 16.8 Å². The quantitative estimate of drug-likeness (QED) is 0.313. The summed E-state index contributed by atoms with van der Waals surface area (Å²) in [4.78, 5) is 23.7. The Bertz CT molecular complexity index is 1190. The number of benzene rings is 1. The average Bonchev–Trinajstić information content (AvgIpc) is 3.35. The summed E-state index contributed by atoms with van der Waals surface area (Å²) in [7, 11) is 0. The Labute approximate surface area is 172 Å². The van der Waals surface area contributed by atoms with Crippen LogP contribution in [0, 0.1) is 12.3 Å². The van der Waals surface area contributed by atoms with Gasteiger partial charge in [-0.05, 0) is 24.6 Å². The Morgan fingerprint density at radius 2 is 2.03 bits per heavy atom. The number of terminal acetylenes is 1. The highest BCUT2D eigenvalue weighted by Crippen LogP contribution is 2.36. The fraction of sp³-hybridized carbons (Fsp3) is 0.364. The molecular formula is C22H21N3O5. The van der Waals surface area contributed by atoms with E-state index in [0.29, 0.717) is 49.1 Å². The van der Waals surface area contributed by atoms with Crippen molar-refractivity contribution in [2.45, 2.75) is 37.8 Å². The summed E-state index contributed by atoms with van der Waals surface area (Å²) in [6.07, 6.45) is 9.62. The maximum atomic E-state index is 12.1. The van der Waals surface area contributed by atoms with Crippen molar-refractivity contribution in [1.29, 1.82) is 0 Å². The Morgan fingerprint density at radius 3 is 2.83 bits per heavy atom. The lowest BCUT2D eigenvalue weighted by atomic mass is 10.0. The SMILES string of the molecule is C#CCCC1(CCNC(=O)CCCOc2c3occc3cc3ccc(=O)oc23)N=N1. The fourth-order valence-electron chi connectivity index (χ4n) is 3.30. The molecule has 3 aromatic rings. The molecule has 2 aromatic heterocycles. The van der Waals surface area contributed by atoms with Crippen molar-refractivity contribution < 1.29 is 18.4 Å². The van der Waals surface area contributed by atoms with Crippen molar-refractivity contribution in [3.63, 3.8) is 0 Å². The summed E-state index contributed by atoms with van der Waals surface area (Å²) >= 11 is 0. The summed E-state index contributed by atoms with van der Waals surface area (Å²) in [5, 5.41) is 12.6. The largest absolute Gasteiger partial charge is 0.486 e. The maximum absolute atomic E-state index is 12.1. The Morgan fingerprint density at radius 1 is 1.20 bits per heavy atom. The third-order valence-electron chi connectivity index (χ3n) is 4.98. The molecule has 1 aromatic carbocycles. The van der Waals surface area contributed by atoms with Crippen LogP contribution in [-0.2, 0) is 4.79 Å². The van der Waals surface area contributed by atoms with Gasteiger partial charge in [0, 0.05) is 49.1 Å². The fourth-order valence-corrected chi connectivity index (χ4v) is 3.30. The molecule has 8 heteroatoms. The van der Waals surface area contributed by atoms with Crippen LogP contribution < -0.4 is 15.7 Å². The normalized spacial score (nSPS) is 14.0. The Hall–Kier alpha value is -3.60. The smallest absolute Gasteiger partial charge is 0.336 e. The molecule has 1 aliphatic heterocycles. The first-order valence-electron chi connectivity index (χ1n) is 9.81. The number of carbonyl (C=O) groups excluding carboxylic acids is 1. The lowest BCUT2D eigenvalue weighted by molar-refractivity contribution is -0.121. The molecule has 0 unspecified atom stereocenters. The molecule has 0 atom stereocenters. The topological polar surface area (TPSA) is 106 Å². The van der Waals surface area contributed by atoms with Gasteiger partial charge in [0.2, 0.25) is 11.7 Å². The minimum absolute atomic E-state index is 0.0704. The number of fused-ring (bicyclic) bond motifs is 2. The number of carbonyl (C=O) groups is 1. The standard InChI is InChI=1S/C22H21N3O5/c1-2-3-9-22(24-25-22)10-11-23-17(26)5-4-12-28-21-19-16(8-13-29-19)14-15-6-7-18(27)30-20(15)21/h1,6-8,13-14H,3-5,9-12H2,(H,23,26). The van der Waals surface area contributed by atoms with E-state index in [0.717, 1.165) is 17.2 Å². The number of hydrogen-bond donors (Lipinski definition) is 1. The van der Waals surface area contributed by atoms with Crippen molar-refractivity contribution in [1.82, 2.24) is 5.32 Å². The van der Waals surface area contributed by atoms with Crippen molar-refractivity contribution in [3.05, 3.63) is 40.9 Å². The second kappa shape index (κ2) is 8.41. The highest BCUT2D eigenvalue weighted by Gasteiger charge is 2.38. The molecular weight excluding hydrogens is 386 g/mol. The molecule has 4 rings (SSSR count). The van der Waals surface area contributed by atoms with Crippen LogP contribution in [-0.4, -0.2) is 24.7 Å². The first kappa shape index (κ1) is 19.7. The number of nitrogens with zero attached hydrogens (tertiary/aromatic N) is 2. The summed E-state index contributed by atoms with van der Waals surface area (Å²) < 4.78 is 16.7. The van der Waals surface area contributed by atoms with Crippen LogP contribution >= 0.6 is 0 Å². The van der Waals surface area contributed by atoms with E-state index in [1.54, 1.807) is 12.3 Å². The zero-order valence-corrected chi connectivity index (χ0v) is 16.3. The molecule has 0 saturated carbocycles. The second-order valence-electron chi connectivity index (χ2n) is 7.16. The summed E-state index contributed by atoms with van der Waals surface area (Å²) in [5.74, 6) is 2.89. The monoisotopic (exact) mass is 407 g/mol. The van der Waals surface area contributed by atoms with Crippen LogP contribution in [0.1, 0.15) is 32.1 Å². The predicted octanol–water partition coefficient (Wildman–Crippen LogP) is 3.78. The second-order valence-corrected chi connectivity index (χ2v) is 7.16. The summed E-state index contributed by atoms with van der Waals surface area (Å²) in [6, 6.07) is 6.73. The first-order valence-corrected chi connectivity index (χ1v) is 9.81. The number of amides is 1. The van der Waals surface area contributed by atoms with Crippen LogP contribution in [0.3, 0.4) is 0 Å². The number of rotatable bonds is 10. The lowest BCUT2D eigenvalue weighted by Gasteiger charge is -2.11. The zero-order valence-electron chi connectivity index (χ0n) is 16.3. The van der Waals surface area contributed by atoms with Crippen molar-refractivity contribution in [2.24, 2.45) is 10.2 Å². The predicted molar refractivity (Wildman–Crippen MR) is 110 cm³/mol. The van der Waals surface area contributed by atoms with Crippen LogP contribution in [0.25, 0.3) is 21.9 Å². The van der Waals surface area contributed by atoms with E-state index in [4.69, 9.17) is 20.0 Å². The molecule has 0 radical (unpaired) electrons. The molecule has 3 heterocycles. The van der Waals surface area contributed by atoms with Crippen molar-refractivity contribution in [3.8, 4) is 18.1 Å². The molecule has 154 valence electrons. The molecule has 1 N–H and O–H groups in total. The zero-order chi connectivity index (χ0) is 21.0. The van der Waals surface area contributed by atoms with Gasteiger partial charge in [-0.15, -0.1) is 12.3 Å². The van der Waals surface area contributed by atoms with Gasteiger partial charge in [-0.25, -0.2) is 4.79 Å². The first-order chi connectivity index (χ1) is 14.6. The van der Waals surface area contributed by atoms with Gasteiger partial charge in [0.25, 0.3) is 0 Å². The van der Waals surface area contributed by atoms with Crippen molar-refractivity contribution >= 4 is 27.8 Å². The highest BCUT2D eigenvalue weighted by atomic mass is 16.5. The molecule has 1 amide bonds. The van der Waals surface area contributed by atoms with Gasteiger partial charge < -0.3 is 18.9 Å². The van der Waals surface area contributed by atoms with Gasteiger partial charge in [-0.1, -0.05) is 0 Å². The van der Waals surface area contributed by atoms with Crippen LogP contribution in [0.5, 0.6) is 5.75 Å². The average molecular weight is 407 g/mol. The lowest BCUT2D eigenvalue weighted by Crippen LogP contribution is -2.28. The van der Waals surface area contributed by atoms with E-state index in [2.05, 4.69) is 21.5 Å². The maximum Gasteiger partial charge on any atom is 0.336 e. The van der Waals surface area contributed by atoms with Crippen molar-refractivity contribution in [2.75, 3.05) is 13.2 Å². The molecule has 8 nitrogen and oxygen atoms in total. The number of ether oxygens (including phenoxy) is 1. The summed E-state index contributed by atoms with van der Waals surface area (Å²) in [6.45, 7) is 0.774. The Balaban J connectivity index is 1.28. The number of furan rings is 1. The molecule has 0 spiro atoms. The summed E-state index contributed by atoms with van der Waals surface area (Å²) in [5.41, 5.74) is -0.0129. The van der Waals surface area contributed by atoms with E-state index in [9.17, 15) is 9.59 Å². The minimum Gasteiger partial charge on any atom is -0.486 e. The van der Waals surface area contributed by atoms with Crippen LogP contribution in [0.2, 0.25) is 0 Å². The molecule has 0 aliphatic carbocycles. The van der Waals surface area contributed by atoms with Gasteiger partial charge in [-0.2, -0.15) is 10.2 Å².